The third-order valence-corrected chi connectivity index (χ3v) is 4.11. The number of H-pyrrole nitrogens is 1. The number of hydrogen-bond acceptors (Lipinski definition) is 2. The van der Waals surface area contributed by atoms with Gasteiger partial charge >= 0.3 is 0 Å². The van der Waals surface area contributed by atoms with Crippen LogP contribution < -0.4 is 5.73 Å². The first-order valence-electron chi connectivity index (χ1n) is 7.33. The van der Waals surface area contributed by atoms with E-state index in [4.69, 9.17) is 5.73 Å². The van der Waals surface area contributed by atoms with E-state index in [9.17, 15) is 4.79 Å². The fraction of sp³-hybridized carbons (Fsp3) is 0.438. The summed E-state index contributed by atoms with van der Waals surface area (Å²) in [4.78, 5) is 17.7. The van der Waals surface area contributed by atoms with Crippen LogP contribution in [0.4, 0.5) is 0 Å². The molecule has 0 saturated heterocycles. The molecule has 0 unspecified atom stereocenters. The standard InChI is InChI=1S/C16H21N3O/c1-2-5-13(17)16(20)19-9-8-15-12(10-19)11-6-3-4-7-14(11)18-15/h3-4,6-7,13,18H,2,5,8-10,17H2,1H3/t13-/m1/s1. The SMILES string of the molecule is CCC[C@@H](N)C(=O)N1CCc2[nH]c3ccccc3c2C1. The number of amides is 1. The third-order valence-electron chi connectivity index (χ3n) is 4.11. The Bertz CT molecular complexity index is 632. The number of aromatic amines is 1. The van der Waals surface area contributed by atoms with Gasteiger partial charge in [0.25, 0.3) is 0 Å². The first-order chi connectivity index (χ1) is 9.70. The monoisotopic (exact) mass is 271 g/mol. The maximum Gasteiger partial charge on any atom is 0.239 e. The van der Waals surface area contributed by atoms with Gasteiger partial charge in [0, 0.05) is 41.7 Å². The van der Waals surface area contributed by atoms with Crippen molar-refractivity contribution < 1.29 is 4.79 Å². The smallest absolute Gasteiger partial charge is 0.239 e. The van der Waals surface area contributed by atoms with Gasteiger partial charge in [0.05, 0.1) is 6.04 Å². The van der Waals surface area contributed by atoms with Crippen LogP contribution in [0.2, 0.25) is 0 Å². The van der Waals surface area contributed by atoms with Crippen molar-refractivity contribution in [2.24, 2.45) is 5.73 Å². The number of carbonyl (C=O) groups is 1. The highest BCUT2D eigenvalue weighted by Crippen LogP contribution is 2.27. The Kier molecular flexibility index (Phi) is 3.49. The second-order valence-corrected chi connectivity index (χ2v) is 5.53. The molecule has 0 saturated carbocycles. The maximum atomic E-state index is 12.3. The highest BCUT2D eigenvalue weighted by molar-refractivity contribution is 5.87. The zero-order chi connectivity index (χ0) is 14.1. The lowest BCUT2D eigenvalue weighted by Gasteiger charge is -2.29. The van der Waals surface area contributed by atoms with E-state index in [-0.39, 0.29) is 11.9 Å². The molecule has 1 aliphatic rings. The fourth-order valence-electron chi connectivity index (χ4n) is 3.02. The molecule has 1 aromatic carbocycles. The van der Waals surface area contributed by atoms with E-state index < -0.39 is 0 Å². The fourth-order valence-corrected chi connectivity index (χ4v) is 3.02. The summed E-state index contributed by atoms with van der Waals surface area (Å²) in [7, 11) is 0. The number of nitrogens with zero attached hydrogens (tertiary/aromatic N) is 1. The van der Waals surface area contributed by atoms with Crippen LogP contribution in [-0.4, -0.2) is 28.4 Å². The minimum Gasteiger partial charge on any atom is -0.358 e. The van der Waals surface area contributed by atoms with Gasteiger partial charge in [-0.05, 0) is 12.5 Å². The third kappa shape index (κ3) is 2.20. The zero-order valence-corrected chi connectivity index (χ0v) is 11.9. The molecule has 2 aromatic rings. The van der Waals surface area contributed by atoms with E-state index in [1.807, 2.05) is 17.0 Å². The van der Waals surface area contributed by atoms with E-state index in [2.05, 4.69) is 24.0 Å². The minimum absolute atomic E-state index is 0.0859. The average Bonchev–Trinajstić information content (AvgIpc) is 2.84. The van der Waals surface area contributed by atoms with Gasteiger partial charge in [0.2, 0.25) is 5.91 Å². The second kappa shape index (κ2) is 5.29. The van der Waals surface area contributed by atoms with Gasteiger partial charge in [-0.25, -0.2) is 0 Å². The molecule has 1 aliphatic heterocycles. The number of fused-ring (bicyclic) bond motifs is 3. The topological polar surface area (TPSA) is 62.1 Å². The summed E-state index contributed by atoms with van der Waals surface area (Å²) in [6.07, 6.45) is 2.59. The molecule has 1 aromatic heterocycles. The molecule has 20 heavy (non-hydrogen) atoms. The van der Waals surface area contributed by atoms with E-state index in [1.165, 1.54) is 16.6 Å². The van der Waals surface area contributed by atoms with Crippen molar-refractivity contribution in [1.29, 1.82) is 0 Å². The van der Waals surface area contributed by atoms with Gasteiger partial charge in [0.15, 0.2) is 0 Å². The Labute approximate surface area is 118 Å². The summed E-state index contributed by atoms with van der Waals surface area (Å²) in [6.45, 7) is 3.49. The predicted octanol–water partition coefficient (Wildman–Crippen LogP) is 2.18. The number of aromatic nitrogens is 1. The number of rotatable bonds is 3. The molecule has 1 amide bonds. The molecule has 0 bridgehead atoms. The van der Waals surface area contributed by atoms with Gasteiger partial charge in [-0.1, -0.05) is 31.5 Å². The lowest BCUT2D eigenvalue weighted by molar-refractivity contribution is -0.133. The molecule has 0 radical (unpaired) electrons. The first-order valence-corrected chi connectivity index (χ1v) is 7.33. The molecule has 0 spiro atoms. The molecule has 106 valence electrons. The Balaban J connectivity index is 1.86. The van der Waals surface area contributed by atoms with Crippen LogP contribution in [0.3, 0.4) is 0 Å². The Morgan fingerprint density at radius 2 is 2.25 bits per heavy atom. The summed E-state index contributed by atoms with van der Waals surface area (Å²) in [5.41, 5.74) is 9.64. The summed E-state index contributed by atoms with van der Waals surface area (Å²) in [5, 5.41) is 1.23. The second-order valence-electron chi connectivity index (χ2n) is 5.53. The van der Waals surface area contributed by atoms with Crippen molar-refractivity contribution in [3.05, 3.63) is 35.5 Å². The Morgan fingerprint density at radius 1 is 1.45 bits per heavy atom. The van der Waals surface area contributed by atoms with Gasteiger partial charge in [-0.3, -0.25) is 4.79 Å². The number of benzene rings is 1. The van der Waals surface area contributed by atoms with Crippen molar-refractivity contribution in [3.8, 4) is 0 Å². The normalized spacial score (nSPS) is 16.2. The highest BCUT2D eigenvalue weighted by atomic mass is 16.2. The van der Waals surface area contributed by atoms with Crippen molar-refractivity contribution >= 4 is 16.8 Å². The number of nitrogens with one attached hydrogen (secondary N) is 1. The van der Waals surface area contributed by atoms with E-state index in [1.54, 1.807) is 0 Å². The Hall–Kier alpha value is -1.81. The summed E-state index contributed by atoms with van der Waals surface area (Å²) in [5.74, 6) is 0.0859. The van der Waals surface area contributed by atoms with E-state index in [0.717, 1.165) is 31.3 Å². The van der Waals surface area contributed by atoms with E-state index in [0.29, 0.717) is 6.54 Å². The molecule has 3 rings (SSSR count). The van der Waals surface area contributed by atoms with Crippen LogP contribution in [0, 0.1) is 0 Å². The van der Waals surface area contributed by atoms with Crippen LogP contribution in [0.1, 0.15) is 31.0 Å². The maximum absolute atomic E-state index is 12.3. The van der Waals surface area contributed by atoms with Gasteiger partial charge in [-0.2, -0.15) is 0 Å². The lowest BCUT2D eigenvalue weighted by atomic mass is 10.0. The van der Waals surface area contributed by atoms with Crippen molar-refractivity contribution in [3.63, 3.8) is 0 Å². The molecular weight excluding hydrogens is 250 g/mol. The minimum atomic E-state index is -0.355. The molecular formula is C16H21N3O. The molecule has 0 aliphatic carbocycles. The molecule has 0 fully saturated rings. The number of nitrogens with two attached hydrogens (primary N) is 1. The quantitative estimate of drug-likeness (QED) is 0.898. The van der Waals surface area contributed by atoms with Crippen molar-refractivity contribution in [2.45, 2.75) is 38.8 Å². The van der Waals surface area contributed by atoms with Crippen LogP contribution in [0.15, 0.2) is 24.3 Å². The molecule has 1 atom stereocenters. The van der Waals surface area contributed by atoms with Crippen LogP contribution in [-0.2, 0) is 17.8 Å². The molecule has 2 heterocycles. The predicted molar refractivity (Wildman–Crippen MR) is 80.3 cm³/mol. The van der Waals surface area contributed by atoms with Crippen molar-refractivity contribution in [2.75, 3.05) is 6.54 Å². The average molecular weight is 271 g/mol. The van der Waals surface area contributed by atoms with Gasteiger partial charge in [-0.15, -0.1) is 0 Å². The van der Waals surface area contributed by atoms with Gasteiger partial charge in [0.1, 0.15) is 0 Å². The highest BCUT2D eigenvalue weighted by Gasteiger charge is 2.26. The van der Waals surface area contributed by atoms with Crippen LogP contribution in [0.25, 0.3) is 10.9 Å². The number of para-hydroxylation sites is 1. The first kappa shape index (κ1) is 13.2. The lowest BCUT2D eigenvalue weighted by Crippen LogP contribution is -2.45. The number of carbonyl (C=O) groups excluding carboxylic acids is 1. The largest absolute Gasteiger partial charge is 0.358 e. The summed E-state index contributed by atoms with van der Waals surface area (Å²) < 4.78 is 0. The summed E-state index contributed by atoms with van der Waals surface area (Å²) in [6, 6.07) is 7.92. The molecule has 4 nitrogen and oxygen atoms in total. The number of hydrogen-bond donors (Lipinski definition) is 2. The van der Waals surface area contributed by atoms with Gasteiger partial charge < -0.3 is 15.6 Å². The van der Waals surface area contributed by atoms with Crippen molar-refractivity contribution in [1.82, 2.24) is 9.88 Å². The van der Waals surface area contributed by atoms with E-state index >= 15 is 0 Å². The van der Waals surface area contributed by atoms with Crippen LogP contribution >= 0.6 is 0 Å². The molecule has 3 N–H and O–H groups in total. The summed E-state index contributed by atoms with van der Waals surface area (Å²) >= 11 is 0. The molecule has 4 heteroatoms. The zero-order valence-electron chi connectivity index (χ0n) is 11.9. The Morgan fingerprint density at radius 3 is 3.05 bits per heavy atom. The van der Waals surface area contributed by atoms with Crippen LogP contribution in [0.5, 0.6) is 0 Å².